The van der Waals surface area contributed by atoms with Crippen molar-refractivity contribution in [2.24, 2.45) is 0 Å². The third-order valence-corrected chi connectivity index (χ3v) is 19.4. The summed E-state index contributed by atoms with van der Waals surface area (Å²) in [5, 5.41) is 11.4. The molecule has 4 aliphatic heterocycles. The Labute approximate surface area is 563 Å². The number of rotatable bonds is 24. The van der Waals surface area contributed by atoms with Crippen molar-refractivity contribution in [1.82, 2.24) is 40.4 Å². The molecule has 0 unspecified atom stereocenters. The number of amides is 6. The van der Waals surface area contributed by atoms with Gasteiger partial charge in [0.25, 0.3) is 35.4 Å². The molecule has 96 heavy (non-hydrogen) atoms. The number of thiazole rings is 1. The quantitative estimate of drug-likeness (QED) is 0.0424. The first-order chi connectivity index (χ1) is 46.6. The number of aryl methyl sites for hydroxylation is 2. The normalized spacial score (nSPS) is 16.1. The molecule has 4 atom stereocenters. The lowest BCUT2D eigenvalue weighted by molar-refractivity contribution is 0.0556. The monoisotopic (exact) mass is 1320 g/mol. The summed E-state index contributed by atoms with van der Waals surface area (Å²) in [6.07, 6.45) is 1.87. The fraction of sp³-hybridized carbons (Fsp3) is 0.351. The predicted octanol–water partition coefficient (Wildman–Crippen LogP) is 11.3. The molecule has 6 aromatic carbocycles. The maximum atomic E-state index is 14.4. The second-order valence-corrected chi connectivity index (χ2v) is 24.9. The maximum Gasteiger partial charge on any atom is 0.270 e. The Morgan fingerprint density at radius 1 is 0.521 bits per heavy atom. The van der Waals surface area contributed by atoms with E-state index in [2.05, 4.69) is 103 Å². The van der Waals surface area contributed by atoms with Crippen molar-refractivity contribution in [3.63, 3.8) is 0 Å². The second-order valence-electron chi connectivity index (χ2n) is 24.2. The van der Waals surface area contributed by atoms with Gasteiger partial charge in [0.2, 0.25) is 0 Å². The first-order valence-corrected chi connectivity index (χ1v) is 33.5. The van der Waals surface area contributed by atoms with Crippen LogP contribution in [0, 0.1) is 13.8 Å². The largest absolute Gasteiger partial charge is 0.493 e. The van der Waals surface area contributed by atoms with Crippen LogP contribution in [0.5, 0.6) is 23.0 Å². The standard InChI is InChI=1S/C38H43N5O6.C36H39N5O5S/c1-24-34(26(3)49-40-24)36(44)39-18-10-15-30(28-16-17-32(47-4)33(23-28)48-5)43-37(45)29-13-9-14-31(35(29)38(43)46)42-21-19-41(20-22-42)25(2)27-11-7-6-8-12-27;1-24(25-9-5-4-6-10-25)39-17-19-40(20-18-39)30-12-7-11-27-33(30)36(44)41(35(27)43)29(26-14-15-31(45-2)32(21-26)46-3)13-8-16-37-34(42)28-22-47-23-38-28/h6-9,11-14,16-17,23,25,30H,10,15,18-22H2,1-5H3,(H,39,44);4-7,9-12,14-15,21-24,29H,8,13,16-20H2,1-3H3,(H,37,42)/t25-,30-;24-,29-/m11/s1. The van der Waals surface area contributed by atoms with E-state index in [-0.39, 0.29) is 47.5 Å². The minimum absolute atomic E-state index is 0.252. The first kappa shape index (κ1) is 67.5. The van der Waals surface area contributed by atoms with Crippen molar-refractivity contribution in [2.75, 3.05) is 104 Å². The van der Waals surface area contributed by atoms with Crippen LogP contribution in [0.4, 0.5) is 11.4 Å². The summed E-state index contributed by atoms with van der Waals surface area (Å²) < 4.78 is 27.2. The molecule has 0 saturated carbocycles. The van der Waals surface area contributed by atoms with Gasteiger partial charge in [-0.3, -0.25) is 48.4 Å². The Bertz CT molecular complexity index is 4060. The van der Waals surface area contributed by atoms with Gasteiger partial charge in [-0.25, -0.2) is 4.98 Å². The fourth-order valence-electron chi connectivity index (χ4n) is 13.6. The van der Waals surface area contributed by atoms with E-state index in [0.717, 1.165) is 74.9 Å². The van der Waals surface area contributed by atoms with Gasteiger partial charge < -0.3 is 43.9 Å². The lowest BCUT2D eigenvalue weighted by atomic mass is 9.99. The van der Waals surface area contributed by atoms with Gasteiger partial charge in [0, 0.05) is 82.9 Å². The number of carbonyl (C=O) groups is 6. The SMILES string of the molecule is COc1ccc([C@@H](CCCNC(=O)c2c(C)noc2C)N2C(=O)c3cccc(N4CCN([C@H](C)c5ccccc5)CC4)c3C2=O)cc1OC.COc1ccc([C@@H](CCCNC(=O)c2cscn2)N2C(=O)c3cccc(N4CCN([C@H](C)c5ccccc5)CC4)c3C2=O)cc1OC. The molecule has 12 rings (SSSR count). The van der Waals surface area contributed by atoms with Gasteiger partial charge in [0.15, 0.2) is 23.0 Å². The van der Waals surface area contributed by atoms with E-state index in [1.807, 2.05) is 60.7 Å². The molecule has 2 N–H and O–H groups in total. The van der Waals surface area contributed by atoms with E-state index < -0.39 is 12.1 Å². The van der Waals surface area contributed by atoms with E-state index in [1.165, 1.54) is 32.3 Å². The molecule has 0 radical (unpaired) electrons. The number of fused-ring (bicyclic) bond motifs is 2. The molecule has 0 spiro atoms. The summed E-state index contributed by atoms with van der Waals surface area (Å²) in [5.74, 6) is 0.725. The summed E-state index contributed by atoms with van der Waals surface area (Å²) in [7, 11) is 6.23. The summed E-state index contributed by atoms with van der Waals surface area (Å²) in [6, 6.07) is 42.3. The highest BCUT2D eigenvalue weighted by Gasteiger charge is 2.45. The number of piperazine rings is 2. The highest BCUT2D eigenvalue weighted by molar-refractivity contribution is 7.07. The third-order valence-electron chi connectivity index (χ3n) is 18.8. The molecule has 4 aliphatic rings. The van der Waals surface area contributed by atoms with E-state index >= 15 is 0 Å². The van der Waals surface area contributed by atoms with Crippen LogP contribution >= 0.6 is 11.3 Å². The Morgan fingerprint density at radius 3 is 1.35 bits per heavy atom. The highest BCUT2D eigenvalue weighted by atomic mass is 32.1. The van der Waals surface area contributed by atoms with Crippen LogP contribution in [0.15, 0.2) is 149 Å². The number of benzene rings is 6. The number of methoxy groups -OCH3 is 4. The molecular weight excluding hydrogens is 1240 g/mol. The number of imide groups is 2. The van der Waals surface area contributed by atoms with Crippen molar-refractivity contribution in [3.8, 4) is 23.0 Å². The van der Waals surface area contributed by atoms with Crippen LogP contribution in [0.1, 0.15) is 160 Å². The van der Waals surface area contributed by atoms with Crippen molar-refractivity contribution in [1.29, 1.82) is 0 Å². The van der Waals surface area contributed by atoms with Gasteiger partial charge in [-0.05, 0) is 124 Å². The number of carbonyl (C=O) groups excluding carboxylic acids is 6. The summed E-state index contributed by atoms with van der Waals surface area (Å²) >= 11 is 1.36. The zero-order valence-corrected chi connectivity index (χ0v) is 56.4. The van der Waals surface area contributed by atoms with Crippen LogP contribution in [0.3, 0.4) is 0 Å². The lowest BCUT2D eigenvalue weighted by Crippen LogP contribution is -2.47. The molecule has 0 aliphatic carbocycles. The molecular formula is C74H82N10O11S. The van der Waals surface area contributed by atoms with E-state index in [1.54, 1.807) is 77.4 Å². The summed E-state index contributed by atoms with van der Waals surface area (Å²) in [6.45, 7) is 14.9. The van der Waals surface area contributed by atoms with Crippen molar-refractivity contribution in [2.45, 2.75) is 77.5 Å². The molecule has 2 fully saturated rings. The third kappa shape index (κ3) is 14.2. The highest BCUT2D eigenvalue weighted by Crippen LogP contribution is 2.43. The molecule has 6 heterocycles. The average molecular weight is 1320 g/mol. The van der Waals surface area contributed by atoms with E-state index in [9.17, 15) is 28.8 Å². The van der Waals surface area contributed by atoms with Crippen molar-refractivity contribution >= 4 is 58.2 Å². The molecule has 22 heteroatoms. The van der Waals surface area contributed by atoms with Crippen LogP contribution in [-0.4, -0.2) is 159 Å². The van der Waals surface area contributed by atoms with Gasteiger partial charge in [0.05, 0.1) is 85.4 Å². The summed E-state index contributed by atoms with van der Waals surface area (Å²) in [5.41, 5.74) is 10.2. The number of ether oxygens (including phenoxy) is 4. The molecule has 2 saturated heterocycles. The van der Waals surface area contributed by atoms with E-state index in [4.69, 9.17) is 23.5 Å². The number of aromatic nitrogens is 2. The Hall–Kier alpha value is -9.90. The molecule has 500 valence electrons. The Balaban J connectivity index is 0.000000195. The van der Waals surface area contributed by atoms with Gasteiger partial charge in [-0.1, -0.05) is 90.1 Å². The van der Waals surface area contributed by atoms with Crippen LogP contribution in [-0.2, 0) is 0 Å². The minimum Gasteiger partial charge on any atom is -0.493 e. The van der Waals surface area contributed by atoms with Crippen LogP contribution in [0.2, 0.25) is 0 Å². The Morgan fingerprint density at radius 2 is 0.958 bits per heavy atom. The van der Waals surface area contributed by atoms with Crippen LogP contribution in [0.25, 0.3) is 0 Å². The summed E-state index contributed by atoms with van der Waals surface area (Å²) in [4.78, 5) is 98.5. The molecule has 8 aromatic rings. The zero-order valence-electron chi connectivity index (χ0n) is 55.5. The molecule has 21 nitrogen and oxygen atoms in total. The predicted molar refractivity (Wildman–Crippen MR) is 367 cm³/mol. The molecule has 2 aromatic heterocycles. The number of anilines is 2. The number of nitrogens with zero attached hydrogens (tertiary/aromatic N) is 8. The minimum atomic E-state index is -0.611. The van der Waals surface area contributed by atoms with E-state index in [0.29, 0.717) is 107 Å². The average Bonchev–Trinajstić information content (AvgIpc) is 1.60. The lowest BCUT2D eigenvalue weighted by Gasteiger charge is -2.39. The second kappa shape index (κ2) is 30.7. The van der Waals surface area contributed by atoms with Gasteiger partial charge in [0.1, 0.15) is 17.0 Å². The van der Waals surface area contributed by atoms with Crippen LogP contribution < -0.4 is 39.4 Å². The van der Waals surface area contributed by atoms with Gasteiger partial charge in [-0.15, -0.1) is 11.3 Å². The van der Waals surface area contributed by atoms with Crippen molar-refractivity contribution in [3.05, 3.63) is 212 Å². The number of hydrogen-bond acceptors (Lipinski definition) is 18. The first-order valence-electron chi connectivity index (χ1n) is 32.5. The number of nitrogens with one attached hydrogen (secondary N) is 2. The molecule has 6 amide bonds. The fourth-order valence-corrected chi connectivity index (χ4v) is 14.1. The molecule has 0 bridgehead atoms. The van der Waals surface area contributed by atoms with Gasteiger partial charge in [-0.2, -0.15) is 0 Å². The Kier molecular flexibility index (Phi) is 21.6. The topological polar surface area (TPSA) is 222 Å². The number of hydrogen-bond donors (Lipinski definition) is 2. The maximum absolute atomic E-state index is 14.4. The zero-order chi connectivity index (χ0) is 67.6. The van der Waals surface area contributed by atoms with Crippen molar-refractivity contribution < 1.29 is 52.2 Å². The van der Waals surface area contributed by atoms with Gasteiger partial charge >= 0.3 is 0 Å². The smallest absolute Gasteiger partial charge is 0.270 e.